The van der Waals surface area contributed by atoms with E-state index in [0.717, 1.165) is 0 Å². The first-order valence-electron chi connectivity index (χ1n) is 8.71. The van der Waals surface area contributed by atoms with Crippen LogP contribution in [0.1, 0.15) is 24.4 Å². The molecule has 2 fully saturated rings. The van der Waals surface area contributed by atoms with Crippen LogP contribution in [0.15, 0.2) is 10.7 Å². The van der Waals surface area contributed by atoms with Crippen LogP contribution in [0.4, 0.5) is 23.4 Å². The number of anilines is 1. The SMILES string of the molecule is CCc1ncnc(N2CC3CN(Cc4nnc(C(F)(F)F)o4)CC3C2)c1F. The second kappa shape index (κ2) is 6.70. The Morgan fingerprint density at radius 2 is 1.81 bits per heavy atom. The zero-order chi connectivity index (χ0) is 19.2. The minimum absolute atomic E-state index is 0.0476. The van der Waals surface area contributed by atoms with Crippen molar-refractivity contribution < 1.29 is 22.0 Å². The minimum Gasteiger partial charge on any atom is -0.416 e. The molecule has 0 radical (unpaired) electrons. The Morgan fingerprint density at radius 1 is 1.11 bits per heavy atom. The summed E-state index contributed by atoms with van der Waals surface area (Å²) in [6.45, 7) is 4.67. The van der Waals surface area contributed by atoms with Gasteiger partial charge in [-0.1, -0.05) is 6.92 Å². The van der Waals surface area contributed by atoms with Gasteiger partial charge in [-0.3, -0.25) is 4.90 Å². The van der Waals surface area contributed by atoms with E-state index in [0.29, 0.717) is 44.1 Å². The van der Waals surface area contributed by atoms with Crippen molar-refractivity contribution in [3.63, 3.8) is 0 Å². The van der Waals surface area contributed by atoms with Crippen molar-refractivity contribution in [1.29, 1.82) is 0 Å². The molecule has 2 atom stereocenters. The lowest BCUT2D eigenvalue weighted by atomic mass is 10.0. The molecule has 0 amide bonds. The number of halogens is 4. The Morgan fingerprint density at radius 3 is 2.41 bits per heavy atom. The molecule has 0 bridgehead atoms. The molecular formula is C16H18F4N6O. The predicted molar refractivity (Wildman–Crippen MR) is 85.1 cm³/mol. The lowest BCUT2D eigenvalue weighted by Gasteiger charge is -2.22. The van der Waals surface area contributed by atoms with E-state index < -0.39 is 12.1 Å². The zero-order valence-electron chi connectivity index (χ0n) is 14.6. The number of hydrogen-bond acceptors (Lipinski definition) is 7. The normalized spacial score (nSPS) is 23.2. The Kier molecular flexibility index (Phi) is 4.49. The zero-order valence-corrected chi connectivity index (χ0v) is 14.6. The van der Waals surface area contributed by atoms with E-state index in [1.165, 1.54) is 6.33 Å². The van der Waals surface area contributed by atoms with Crippen molar-refractivity contribution >= 4 is 5.82 Å². The topological polar surface area (TPSA) is 71.2 Å². The Balaban J connectivity index is 1.38. The van der Waals surface area contributed by atoms with Gasteiger partial charge in [-0.15, -0.1) is 10.2 Å². The Bertz CT molecular complexity index is 811. The molecule has 146 valence electrons. The van der Waals surface area contributed by atoms with Crippen LogP contribution in [0.2, 0.25) is 0 Å². The highest BCUT2D eigenvalue weighted by molar-refractivity contribution is 5.43. The van der Waals surface area contributed by atoms with Crippen LogP contribution in [-0.4, -0.2) is 51.2 Å². The van der Waals surface area contributed by atoms with E-state index in [9.17, 15) is 17.6 Å². The number of rotatable bonds is 4. The third-order valence-corrected chi connectivity index (χ3v) is 5.11. The monoisotopic (exact) mass is 386 g/mol. The standard InChI is InChI=1S/C16H18F4N6O/c1-2-11-13(17)14(22-8-21-11)26-5-9-3-25(4-10(9)6-26)7-12-23-24-15(27-12)16(18,19)20/h8-10H,2-7H2,1H3. The van der Waals surface area contributed by atoms with E-state index in [-0.39, 0.29) is 30.1 Å². The first-order valence-corrected chi connectivity index (χ1v) is 8.71. The van der Waals surface area contributed by atoms with Gasteiger partial charge in [-0.05, 0) is 18.3 Å². The summed E-state index contributed by atoms with van der Waals surface area (Å²) >= 11 is 0. The van der Waals surface area contributed by atoms with Crippen LogP contribution < -0.4 is 4.90 Å². The van der Waals surface area contributed by atoms with Gasteiger partial charge in [0.15, 0.2) is 11.6 Å². The van der Waals surface area contributed by atoms with Gasteiger partial charge >= 0.3 is 12.1 Å². The maximum atomic E-state index is 14.5. The van der Waals surface area contributed by atoms with Gasteiger partial charge in [0.05, 0.1) is 12.2 Å². The fraction of sp³-hybridized carbons (Fsp3) is 0.625. The van der Waals surface area contributed by atoms with Crippen LogP contribution >= 0.6 is 0 Å². The predicted octanol–water partition coefficient (Wildman–Crippen LogP) is 2.15. The molecule has 2 saturated heterocycles. The molecule has 4 heterocycles. The summed E-state index contributed by atoms with van der Waals surface area (Å²) in [5.74, 6) is -0.844. The second-order valence-corrected chi connectivity index (χ2v) is 6.93. The summed E-state index contributed by atoms with van der Waals surface area (Å²) in [6.07, 6.45) is -2.75. The third-order valence-electron chi connectivity index (χ3n) is 5.11. The molecule has 2 aliphatic heterocycles. The summed E-state index contributed by atoms with van der Waals surface area (Å²) in [4.78, 5) is 12.0. The summed E-state index contributed by atoms with van der Waals surface area (Å²) in [5.41, 5.74) is 0.399. The fourth-order valence-electron chi connectivity index (χ4n) is 3.88. The smallest absolute Gasteiger partial charge is 0.416 e. The molecule has 4 rings (SSSR count). The van der Waals surface area contributed by atoms with Crippen LogP contribution in [0, 0.1) is 17.7 Å². The molecule has 11 heteroatoms. The van der Waals surface area contributed by atoms with Gasteiger partial charge in [-0.2, -0.15) is 13.2 Å². The molecular weight excluding hydrogens is 368 g/mol. The van der Waals surface area contributed by atoms with Crippen molar-refractivity contribution in [2.75, 3.05) is 31.1 Å². The van der Waals surface area contributed by atoms with Crippen LogP contribution in [-0.2, 0) is 19.1 Å². The van der Waals surface area contributed by atoms with Crippen LogP contribution in [0.3, 0.4) is 0 Å². The van der Waals surface area contributed by atoms with Gasteiger partial charge < -0.3 is 9.32 Å². The second-order valence-electron chi connectivity index (χ2n) is 6.93. The Hall–Kier alpha value is -2.30. The molecule has 27 heavy (non-hydrogen) atoms. The fourth-order valence-corrected chi connectivity index (χ4v) is 3.88. The van der Waals surface area contributed by atoms with Crippen LogP contribution in [0.5, 0.6) is 0 Å². The quantitative estimate of drug-likeness (QED) is 0.746. The van der Waals surface area contributed by atoms with Gasteiger partial charge in [0.25, 0.3) is 0 Å². The van der Waals surface area contributed by atoms with Crippen molar-refractivity contribution in [2.24, 2.45) is 11.8 Å². The summed E-state index contributed by atoms with van der Waals surface area (Å²) in [7, 11) is 0. The molecule has 2 aromatic heterocycles. The number of aromatic nitrogens is 4. The molecule has 0 aliphatic carbocycles. The van der Waals surface area contributed by atoms with Gasteiger partial charge in [0.1, 0.15) is 6.33 Å². The van der Waals surface area contributed by atoms with E-state index in [1.54, 1.807) is 0 Å². The maximum absolute atomic E-state index is 14.5. The van der Waals surface area contributed by atoms with Gasteiger partial charge in [-0.25, -0.2) is 14.4 Å². The van der Waals surface area contributed by atoms with E-state index in [4.69, 9.17) is 4.42 Å². The maximum Gasteiger partial charge on any atom is 0.470 e. The van der Waals surface area contributed by atoms with E-state index in [2.05, 4.69) is 20.2 Å². The number of fused-ring (bicyclic) bond motifs is 1. The number of alkyl halides is 3. The number of hydrogen-bond donors (Lipinski definition) is 0. The first-order chi connectivity index (χ1) is 12.8. The lowest BCUT2D eigenvalue weighted by molar-refractivity contribution is -0.157. The molecule has 0 aromatic carbocycles. The Labute approximate surface area is 152 Å². The summed E-state index contributed by atoms with van der Waals surface area (Å²) in [5, 5.41) is 6.53. The molecule has 0 N–H and O–H groups in total. The minimum atomic E-state index is -4.63. The number of nitrogens with zero attached hydrogens (tertiary/aromatic N) is 6. The lowest BCUT2D eigenvalue weighted by Crippen LogP contribution is -2.30. The van der Waals surface area contributed by atoms with Crippen molar-refractivity contribution in [2.45, 2.75) is 26.1 Å². The average molecular weight is 386 g/mol. The summed E-state index contributed by atoms with van der Waals surface area (Å²) < 4.78 is 56.8. The largest absolute Gasteiger partial charge is 0.470 e. The third kappa shape index (κ3) is 3.47. The van der Waals surface area contributed by atoms with Gasteiger partial charge in [0.2, 0.25) is 5.89 Å². The highest BCUT2D eigenvalue weighted by atomic mass is 19.4. The molecule has 0 saturated carbocycles. The van der Waals surface area contributed by atoms with Crippen LogP contribution in [0.25, 0.3) is 0 Å². The number of aryl methyl sites for hydroxylation is 1. The number of likely N-dealkylation sites (tertiary alicyclic amines) is 1. The molecule has 0 spiro atoms. The highest BCUT2D eigenvalue weighted by Gasteiger charge is 2.42. The molecule has 2 aromatic rings. The molecule has 2 unspecified atom stereocenters. The average Bonchev–Trinajstić information content (AvgIpc) is 3.29. The molecule has 2 aliphatic rings. The first kappa shape index (κ1) is 18.1. The summed E-state index contributed by atoms with van der Waals surface area (Å²) in [6, 6.07) is 0. The van der Waals surface area contributed by atoms with E-state index >= 15 is 0 Å². The van der Waals surface area contributed by atoms with Gasteiger partial charge in [0, 0.05) is 26.2 Å². The van der Waals surface area contributed by atoms with E-state index in [1.807, 2.05) is 16.7 Å². The highest BCUT2D eigenvalue weighted by Crippen LogP contribution is 2.35. The van der Waals surface area contributed by atoms with Crippen molar-refractivity contribution in [3.05, 3.63) is 29.6 Å². The molecule has 7 nitrogen and oxygen atoms in total. The van der Waals surface area contributed by atoms with Crippen molar-refractivity contribution in [3.8, 4) is 0 Å². The van der Waals surface area contributed by atoms with Crippen molar-refractivity contribution in [1.82, 2.24) is 25.1 Å².